The average molecular weight is 354 g/mol. The summed E-state index contributed by atoms with van der Waals surface area (Å²) in [4.78, 5) is 16.8. The van der Waals surface area contributed by atoms with Crippen molar-refractivity contribution in [2.24, 2.45) is 0 Å². The molecule has 1 aliphatic heterocycles. The first-order valence-corrected chi connectivity index (χ1v) is 9.29. The van der Waals surface area contributed by atoms with Gasteiger partial charge in [-0.3, -0.25) is 9.69 Å². The van der Waals surface area contributed by atoms with Crippen LogP contribution < -0.4 is 0 Å². The molecule has 1 heterocycles. The fourth-order valence-corrected chi connectivity index (χ4v) is 3.55. The summed E-state index contributed by atoms with van der Waals surface area (Å²) < 4.78 is 14.5. The van der Waals surface area contributed by atoms with Crippen LogP contribution >= 0.6 is 0 Å². The molecule has 4 heteroatoms. The molecule has 2 aromatic rings. The summed E-state index contributed by atoms with van der Waals surface area (Å²) in [5.41, 5.74) is 2.26. The van der Waals surface area contributed by atoms with E-state index in [9.17, 15) is 9.18 Å². The van der Waals surface area contributed by atoms with Gasteiger partial charge in [0, 0.05) is 32.2 Å². The molecule has 0 saturated carbocycles. The number of carbonyl (C=O) groups is 1. The maximum atomic E-state index is 14.5. The Balaban J connectivity index is 1.66. The molecule has 0 bridgehead atoms. The number of amides is 1. The minimum atomic E-state index is -0.316. The van der Waals surface area contributed by atoms with Crippen molar-refractivity contribution in [3.8, 4) is 11.1 Å². The van der Waals surface area contributed by atoms with Crippen LogP contribution in [0.2, 0.25) is 0 Å². The van der Waals surface area contributed by atoms with Gasteiger partial charge in [-0.2, -0.15) is 0 Å². The molecule has 3 nitrogen and oxygen atoms in total. The Hall–Kier alpha value is -2.20. The van der Waals surface area contributed by atoms with Crippen LogP contribution in [0.1, 0.15) is 25.8 Å². The largest absolute Gasteiger partial charge is 0.341 e. The van der Waals surface area contributed by atoms with Crippen LogP contribution in [0.25, 0.3) is 11.1 Å². The first kappa shape index (κ1) is 18.6. The number of likely N-dealkylation sites (N-methyl/N-ethyl adjacent to an activating group) is 1. The molecule has 0 radical (unpaired) electrons. The van der Waals surface area contributed by atoms with Gasteiger partial charge in [0.25, 0.3) is 0 Å². The van der Waals surface area contributed by atoms with E-state index in [0.29, 0.717) is 11.6 Å². The molecule has 1 amide bonds. The third kappa shape index (κ3) is 4.13. The summed E-state index contributed by atoms with van der Waals surface area (Å²) in [6.45, 7) is 6.26. The van der Waals surface area contributed by atoms with E-state index in [4.69, 9.17) is 0 Å². The molecule has 1 saturated heterocycles. The summed E-state index contributed by atoms with van der Waals surface area (Å²) in [6, 6.07) is 15.6. The monoisotopic (exact) mass is 354 g/mol. The summed E-state index contributed by atoms with van der Waals surface area (Å²) in [7, 11) is 1.84. The van der Waals surface area contributed by atoms with E-state index in [1.54, 1.807) is 11.0 Å². The lowest BCUT2D eigenvalue weighted by Gasteiger charge is -2.26. The van der Waals surface area contributed by atoms with E-state index >= 15 is 0 Å². The maximum absolute atomic E-state index is 14.5. The van der Waals surface area contributed by atoms with Crippen LogP contribution in [0, 0.1) is 5.82 Å². The zero-order valence-electron chi connectivity index (χ0n) is 15.8. The van der Waals surface area contributed by atoms with Crippen molar-refractivity contribution >= 4 is 5.91 Å². The van der Waals surface area contributed by atoms with Gasteiger partial charge in [-0.05, 0) is 43.0 Å². The molecule has 1 atom stereocenters. The highest BCUT2D eigenvalue weighted by molar-refractivity contribution is 5.79. The smallest absolute Gasteiger partial charge is 0.227 e. The standard InChI is InChI=1S/C22H27FN2O/c1-16(2)25-12-11-20(15-25)24(3)22(26)14-19-10-9-18(13-21(19)23)17-7-5-4-6-8-17/h4-10,13,16,20H,11-12,14-15H2,1-3H3. The van der Waals surface area contributed by atoms with Crippen molar-refractivity contribution in [3.63, 3.8) is 0 Å². The lowest BCUT2D eigenvalue weighted by molar-refractivity contribution is -0.131. The van der Waals surface area contributed by atoms with Crippen LogP contribution in [0.4, 0.5) is 4.39 Å². The van der Waals surface area contributed by atoms with Crippen LogP contribution in [-0.4, -0.2) is 47.9 Å². The molecule has 1 fully saturated rings. The topological polar surface area (TPSA) is 23.6 Å². The second kappa shape index (κ2) is 8.00. The van der Waals surface area contributed by atoms with Gasteiger partial charge in [-0.15, -0.1) is 0 Å². The number of hydrogen-bond acceptors (Lipinski definition) is 2. The Morgan fingerprint density at radius 3 is 2.54 bits per heavy atom. The van der Waals surface area contributed by atoms with E-state index in [1.807, 2.05) is 43.4 Å². The van der Waals surface area contributed by atoms with Crippen molar-refractivity contribution < 1.29 is 9.18 Å². The van der Waals surface area contributed by atoms with Gasteiger partial charge in [0.05, 0.1) is 6.42 Å². The van der Waals surface area contributed by atoms with Gasteiger partial charge in [-0.1, -0.05) is 42.5 Å². The molecule has 1 aliphatic rings. The third-order valence-electron chi connectivity index (χ3n) is 5.37. The minimum Gasteiger partial charge on any atom is -0.341 e. The van der Waals surface area contributed by atoms with Crippen LogP contribution in [0.3, 0.4) is 0 Å². The first-order chi connectivity index (χ1) is 12.5. The van der Waals surface area contributed by atoms with Crippen LogP contribution in [-0.2, 0) is 11.2 Å². The van der Waals surface area contributed by atoms with Gasteiger partial charge in [-0.25, -0.2) is 4.39 Å². The van der Waals surface area contributed by atoms with Crippen molar-refractivity contribution in [1.29, 1.82) is 0 Å². The molecule has 2 aromatic carbocycles. The zero-order chi connectivity index (χ0) is 18.7. The predicted molar refractivity (Wildman–Crippen MR) is 103 cm³/mol. The van der Waals surface area contributed by atoms with Crippen LogP contribution in [0.15, 0.2) is 48.5 Å². The second-order valence-electron chi connectivity index (χ2n) is 7.38. The van der Waals surface area contributed by atoms with E-state index in [1.165, 1.54) is 6.07 Å². The molecule has 0 aliphatic carbocycles. The quantitative estimate of drug-likeness (QED) is 0.811. The molecule has 1 unspecified atom stereocenters. The lowest BCUT2D eigenvalue weighted by atomic mass is 10.0. The highest BCUT2D eigenvalue weighted by Crippen LogP contribution is 2.23. The van der Waals surface area contributed by atoms with Crippen molar-refractivity contribution in [1.82, 2.24) is 9.80 Å². The van der Waals surface area contributed by atoms with E-state index < -0.39 is 0 Å². The van der Waals surface area contributed by atoms with Gasteiger partial charge in [0.15, 0.2) is 0 Å². The number of benzene rings is 2. The fraction of sp³-hybridized carbons (Fsp3) is 0.409. The lowest BCUT2D eigenvalue weighted by Crippen LogP contribution is -2.40. The van der Waals surface area contributed by atoms with Crippen molar-refractivity contribution in [2.75, 3.05) is 20.1 Å². The van der Waals surface area contributed by atoms with Crippen molar-refractivity contribution in [3.05, 3.63) is 59.9 Å². The SMILES string of the molecule is CC(C)N1CCC(N(C)C(=O)Cc2ccc(-c3ccccc3)cc2F)C1. The van der Waals surface area contributed by atoms with Crippen LogP contribution in [0.5, 0.6) is 0 Å². The number of nitrogens with zero attached hydrogens (tertiary/aromatic N) is 2. The molecule has 0 aromatic heterocycles. The summed E-state index contributed by atoms with van der Waals surface area (Å²) >= 11 is 0. The number of halogens is 1. The second-order valence-corrected chi connectivity index (χ2v) is 7.38. The van der Waals surface area contributed by atoms with E-state index in [2.05, 4.69) is 18.7 Å². The zero-order valence-corrected chi connectivity index (χ0v) is 15.8. The van der Waals surface area contributed by atoms with E-state index in [-0.39, 0.29) is 24.2 Å². The summed E-state index contributed by atoms with van der Waals surface area (Å²) in [5, 5.41) is 0. The van der Waals surface area contributed by atoms with E-state index in [0.717, 1.165) is 30.6 Å². The fourth-order valence-electron chi connectivity index (χ4n) is 3.55. The first-order valence-electron chi connectivity index (χ1n) is 9.29. The Kier molecular flexibility index (Phi) is 5.72. The Bertz CT molecular complexity index is 760. The number of carbonyl (C=O) groups excluding carboxylic acids is 1. The maximum Gasteiger partial charge on any atom is 0.227 e. The normalized spacial score (nSPS) is 17.7. The highest BCUT2D eigenvalue weighted by atomic mass is 19.1. The van der Waals surface area contributed by atoms with Gasteiger partial charge < -0.3 is 4.90 Å². The average Bonchev–Trinajstić information content (AvgIpc) is 3.14. The molecule has 0 spiro atoms. The molecule has 3 rings (SSSR count). The number of hydrogen-bond donors (Lipinski definition) is 0. The summed E-state index contributed by atoms with van der Waals surface area (Å²) in [6.07, 6.45) is 1.09. The predicted octanol–water partition coefficient (Wildman–Crippen LogP) is 3.98. The Labute approximate surface area is 155 Å². The Morgan fingerprint density at radius 2 is 1.92 bits per heavy atom. The van der Waals surface area contributed by atoms with Gasteiger partial charge in [0.1, 0.15) is 5.82 Å². The number of likely N-dealkylation sites (tertiary alicyclic amines) is 1. The molecular formula is C22H27FN2O. The molecular weight excluding hydrogens is 327 g/mol. The van der Waals surface area contributed by atoms with Gasteiger partial charge >= 0.3 is 0 Å². The summed E-state index contributed by atoms with van der Waals surface area (Å²) in [5.74, 6) is -0.338. The molecule has 0 N–H and O–H groups in total. The number of rotatable bonds is 5. The molecule has 138 valence electrons. The van der Waals surface area contributed by atoms with Gasteiger partial charge in [0.2, 0.25) is 5.91 Å². The third-order valence-corrected chi connectivity index (χ3v) is 5.37. The Morgan fingerprint density at radius 1 is 1.19 bits per heavy atom. The minimum absolute atomic E-state index is 0.0213. The highest BCUT2D eigenvalue weighted by Gasteiger charge is 2.29. The van der Waals surface area contributed by atoms with Crippen molar-refractivity contribution in [2.45, 2.75) is 38.8 Å². The molecule has 26 heavy (non-hydrogen) atoms.